The van der Waals surface area contributed by atoms with E-state index in [-0.39, 0.29) is 43.9 Å². The Balaban J connectivity index is 2.26. The highest BCUT2D eigenvalue weighted by molar-refractivity contribution is 7.17. The van der Waals surface area contributed by atoms with E-state index in [4.69, 9.17) is 4.74 Å². The predicted molar refractivity (Wildman–Crippen MR) is 226 cm³/mol. The zero-order valence-corrected chi connectivity index (χ0v) is 37.7. The Morgan fingerprint density at radius 1 is 0.774 bits per heavy atom. The molecule has 0 radical (unpaired) electrons. The van der Waals surface area contributed by atoms with E-state index in [9.17, 15) is 52.0 Å². The molecule has 15 nitrogen and oxygen atoms in total. The van der Waals surface area contributed by atoms with Gasteiger partial charge in [-0.15, -0.1) is 11.3 Å². The van der Waals surface area contributed by atoms with Gasteiger partial charge in [0, 0.05) is 45.1 Å². The average Bonchev–Trinajstić information content (AvgIpc) is 3.62. The van der Waals surface area contributed by atoms with E-state index in [0.717, 1.165) is 32.5 Å². The molecule has 0 bridgehead atoms. The molecule has 1 saturated heterocycles. The largest absolute Gasteiger partial charge is 0.451 e. The number of amides is 6. The molecule has 1 aliphatic rings. The van der Waals surface area contributed by atoms with Gasteiger partial charge in [0.15, 0.2) is 6.10 Å². The zero-order valence-electron chi connectivity index (χ0n) is 36.8. The number of alkyl halides is 3. The molecule has 0 unspecified atom stereocenters. The third kappa shape index (κ3) is 13.9. The molecule has 7 atom stereocenters. The highest BCUT2D eigenvalue weighted by Gasteiger charge is 2.43. The molecule has 1 aromatic carbocycles. The first-order valence-electron chi connectivity index (χ1n) is 20.8. The van der Waals surface area contributed by atoms with Gasteiger partial charge in [0.2, 0.25) is 29.5 Å². The lowest BCUT2D eigenvalue weighted by Gasteiger charge is -2.35. The van der Waals surface area contributed by atoms with Crippen LogP contribution < -0.4 is 16.0 Å². The van der Waals surface area contributed by atoms with E-state index in [1.165, 1.54) is 37.3 Å². The van der Waals surface area contributed by atoms with E-state index >= 15 is 0 Å². The maximum absolute atomic E-state index is 14.7. The minimum atomic E-state index is -5.00. The number of ether oxygens (including phenoxy) is 1. The van der Waals surface area contributed by atoms with Gasteiger partial charge < -0.3 is 35.4 Å². The summed E-state index contributed by atoms with van der Waals surface area (Å²) in [6.07, 6.45) is -9.02. The van der Waals surface area contributed by atoms with E-state index in [1.54, 1.807) is 26.8 Å². The van der Waals surface area contributed by atoms with Crippen molar-refractivity contribution in [3.8, 4) is 6.07 Å². The number of rotatable bonds is 11. The molecular weight excluding hydrogens is 832 g/mol. The van der Waals surface area contributed by atoms with Crippen LogP contribution in [0, 0.1) is 23.2 Å². The summed E-state index contributed by atoms with van der Waals surface area (Å²) >= 11 is 1.45. The minimum absolute atomic E-state index is 0.00492. The highest BCUT2D eigenvalue weighted by atomic mass is 32.1. The van der Waals surface area contributed by atoms with Gasteiger partial charge in [0.05, 0.1) is 12.5 Å². The number of hydrogen-bond donors (Lipinski definition) is 3. The number of carbonyl (C=O) groups excluding carboxylic acids is 7. The minimum Gasteiger partial charge on any atom is -0.451 e. The fourth-order valence-corrected chi connectivity index (χ4v) is 8.21. The summed E-state index contributed by atoms with van der Waals surface area (Å²) in [6.45, 7) is 10.1. The maximum atomic E-state index is 14.7. The Hall–Kier alpha value is -5.25. The number of likely N-dealkylation sites (N-methyl/N-ethyl adjacent to an activating group) is 3. The smallest absolute Gasteiger partial charge is 0.391 e. The van der Waals surface area contributed by atoms with Crippen LogP contribution in [-0.2, 0) is 44.7 Å². The molecule has 0 spiro atoms. The van der Waals surface area contributed by atoms with Crippen LogP contribution in [0.1, 0.15) is 92.1 Å². The summed E-state index contributed by atoms with van der Waals surface area (Å²) in [5, 5.41) is 19.6. The van der Waals surface area contributed by atoms with Crippen LogP contribution in [0.25, 0.3) is 10.1 Å². The Bertz CT molecular complexity index is 1970. The second-order valence-corrected chi connectivity index (χ2v) is 17.6. The summed E-state index contributed by atoms with van der Waals surface area (Å²) in [7, 11) is 3.80. The highest BCUT2D eigenvalue weighted by Crippen LogP contribution is 2.28. The van der Waals surface area contributed by atoms with Gasteiger partial charge in [-0.1, -0.05) is 59.2 Å². The van der Waals surface area contributed by atoms with Crippen LogP contribution in [0.4, 0.5) is 13.2 Å². The fourth-order valence-electron chi connectivity index (χ4n) is 7.23. The van der Waals surface area contributed by atoms with Crippen molar-refractivity contribution in [2.75, 3.05) is 21.1 Å². The molecule has 1 aliphatic heterocycles. The van der Waals surface area contributed by atoms with Crippen LogP contribution in [0.2, 0.25) is 0 Å². The van der Waals surface area contributed by atoms with E-state index < -0.39 is 103 Å². The molecular formula is C43H60F3N7O8S. The number of carbonyl (C=O) groups is 7. The van der Waals surface area contributed by atoms with Crippen molar-refractivity contribution in [1.82, 2.24) is 30.7 Å². The van der Waals surface area contributed by atoms with Crippen molar-refractivity contribution in [2.24, 2.45) is 11.8 Å². The molecule has 3 rings (SSSR count). The second-order valence-electron chi connectivity index (χ2n) is 16.7. The third-order valence-corrected chi connectivity index (χ3v) is 11.8. The molecule has 342 valence electrons. The Morgan fingerprint density at radius 2 is 1.32 bits per heavy atom. The lowest BCUT2D eigenvalue weighted by Crippen LogP contribution is -2.60. The van der Waals surface area contributed by atoms with Crippen LogP contribution in [0.5, 0.6) is 0 Å². The summed E-state index contributed by atoms with van der Waals surface area (Å²) in [5.41, 5.74) is 0.742. The van der Waals surface area contributed by atoms with E-state index in [0.29, 0.717) is 6.42 Å². The zero-order chi connectivity index (χ0) is 46.6. The van der Waals surface area contributed by atoms with E-state index in [2.05, 4.69) is 10.6 Å². The molecule has 3 N–H and O–H groups in total. The molecule has 2 aromatic rings. The van der Waals surface area contributed by atoms with Crippen LogP contribution in [0.3, 0.4) is 0 Å². The van der Waals surface area contributed by atoms with Gasteiger partial charge in [0.25, 0.3) is 5.91 Å². The Labute approximate surface area is 365 Å². The van der Waals surface area contributed by atoms with Gasteiger partial charge in [-0.2, -0.15) is 18.4 Å². The number of thiophene rings is 1. The van der Waals surface area contributed by atoms with Gasteiger partial charge in [0.1, 0.15) is 36.3 Å². The monoisotopic (exact) mass is 891 g/mol. The molecule has 62 heavy (non-hydrogen) atoms. The normalized spacial score (nSPS) is 24.8. The SMILES string of the molecule is CCC[C@@H]1NC(=O)[C@H](Cc2csc3ccccc23)N(C)C(=O)[C@H](CC(C)C)NC(=O)[C@H](CC(C)C)N(C)C(=O)[C@H](CC(F)(F)F)NC(=O)[C@@H](CCC#N)OC(=O)[C@H](C)N(C)C1=O. The molecule has 0 saturated carbocycles. The standard InChI is InChI=1S/C43H60F3N7O8S/c1-10-14-29-39(57)51(7)26(6)42(60)61-34(16-13-18-47)38(56)50-31(22-43(44,45)46)41(59)52(8)32(20-25(4)5)36(54)49-30(19-24(2)3)40(58)53(9)33(37(55)48-29)21-27-23-62-35-17-12-11-15-28(27)35/h11-12,15,17,23-26,29-34H,10,13-14,16,19-22H2,1-9H3,(H,48,55)(H,49,54)(H,50,56)/t26-,29-,30-,31-,32-,33-,34+/m0/s1. The quantitative estimate of drug-likeness (QED) is 0.273. The van der Waals surface area contributed by atoms with Crippen molar-refractivity contribution < 1.29 is 51.5 Å². The first kappa shape index (κ1) is 51.1. The number of esters is 1. The lowest BCUT2D eigenvalue weighted by molar-refractivity contribution is -0.166. The van der Waals surface area contributed by atoms with Crippen molar-refractivity contribution in [3.05, 3.63) is 35.2 Å². The van der Waals surface area contributed by atoms with Gasteiger partial charge >= 0.3 is 12.1 Å². The number of cyclic esters (lactones) is 1. The van der Waals surface area contributed by atoms with Crippen molar-refractivity contribution in [1.29, 1.82) is 5.26 Å². The molecule has 2 heterocycles. The number of nitriles is 1. The first-order valence-corrected chi connectivity index (χ1v) is 21.7. The lowest BCUT2D eigenvalue weighted by atomic mass is 9.97. The maximum Gasteiger partial charge on any atom is 0.391 e. The van der Waals surface area contributed by atoms with Gasteiger partial charge in [-0.05, 0) is 60.4 Å². The van der Waals surface area contributed by atoms with Crippen molar-refractivity contribution in [2.45, 2.75) is 141 Å². The number of halogens is 3. The van der Waals surface area contributed by atoms with Crippen LogP contribution in [-0.4, -0.2) is 126 Å². The number of nitrogens with one attached hydrogen (secondary N) is 3. The summed E-state index contributed by atoms with van der Waals surface area (Å²) in [5.74, 6) is -7.20. The van der Waals surface area contributed by atoms with Crippen molar-refractivity contribution in [3.63, 3.8) is 0 Å². The van der Waals surface area contributed by atoms with Gasteiger partial charge in [-0.25, -0.2) is 4.79 Å². The van der Waals surface area contributed by atoms with Gasteiger partial charge in [-0.3, -0.25) is 28.8 Å². The third-order valence-electron chi connectivity index (χ3n) is 10.8. The average molecular weight is 892 g/mol. The number of nitrogens with zero attached hydrogens (tertiary/aromatic N) is 4. The summed E-state index contributed by atoms with van der Waals surface area (Å²) in [4.78, 5) is 102. The molecule has 6 amide bonds. The number of fused-ring (bicyclic) bond motifs is 1. The predicted octanol–water partition coefficient (Wildman–Crippen LogP) is 4.47. The topological polar surface area (TPSA) is 198 Å². The molecule has 0 aliphatic carbocycles. The Kier molecular flexibility index (Phi) is 18.7. The fraction of sp³-hybridized carbons (Fsp3) is 0.628. The van der Waals surface area contributed by atoms with E-state index in [1.807, 2.05) is 48.8 Å². The molecule has 19 heteroatoms. The number of hydrogen-bond acceptors (Lipinski definition) is 10. The summed E-state index contributed by atoms with van der Waals surface area (Å²) in [6, 6.07) is 0.438. The Morgan fingerprint density at radius 3 is 1.92 bits per heavy atom. The van der Waals surface area contributed by atoms with Crippen LogP contribution in [0.15, 0.2) is 29.6 Å². The number of benzene rings is 1. The van der Waals surface area contributed by atoms with Crippen LogP contribution >= 0.6 is 11.3 Å². The molecule has 1 fully saturated rings. The second kappa shape index (κ2) is 22.7. The van der Waals surface area contributed by atoms with Crippen molar-refractivity contribution >= 4 is 62.8 Å². The summed E-state index contributed by atoms with van der Waals surface area (Å²) < 4.78 is 48.6. The molecule has 1 aromatic heterocycles. The first-order chi connectivity index (χ1) is 29.0.